The van der Waals surface area contributed by atoms with Crippen LogP contribution in [0.5, 0.6) is 0 Å². The summed E-state index contributed by atoms with van der Waals surface area (Å²) in [6.07, 6.45) is 0. The quantitative estimate of drug-likeness (QED) is 0.905. The number of nitriles is 1. The Bertz CT molecular complexity index is 589. The lowest BCUT2D eigenvalue weighted by Crippen LogP contribution is -2.13. The third-order valence-corrected chi connectivity index (χ3v) is 2.83. The Morgan fingerprint density at radius 2 is 1.95 bits per heavy atom. The van der Waals surface area contributed by atoms with Crippen molar-refractivity contribution in [1.82, 2.24) is 14.8 Å². The second-order valence-electron chi connectivity index (χ2n) is 4.84. The minimum absolute atomic E-state index is 0.371. The Labute approximate surface area is 112 Å². The first-order valence-electron chi connectivity index (χ1n) is 6.28. The standard InChI is InChI=1S/C14H17N5/c1-10(2)9-19-13(8-16)17-18-14(19)12-5-3-11(7-15)4-6-12/h3-6,10H,8-9,16H2,1-2H3. The van der Waals surface area contributed by atoms with E-state index in [0.29, 0.717) is 18.0 Å². The largest absolute Gasteiger partial charge is 0.324 e. The predicted octanol–water partition coefficient (Wildman–Crippen LogP) is 1.93. The Hall–Kier alpha value is -2.19. The van der Waals surface area contributed by atoms with Gasteiger partial charge >= 0.3 is 0 Å². The van der Waals surface area contributed by atoms with Crippen LogP contribution in [0.1, 0.15) is 25.2 Å². The summed E-state index contributed by atoms with van der Waals surface area (Å²) in [5.74, 6) is 2.07. The smallest absolute Gasteiger partial charge is 0.164 e. The van der Waals surface area contributed by atoms with E-state index in [0.717, 1.165) is 23.8 Å². The van der Waals surface area contributed by atoms with Crippen LogP contribution in [0.15, 0.2) is 24.3 Å². The van der Waals surface area contributed by atoms with Crippen molar-refractivity contribution in [3.63, 3.8) is 0 Å². The van der Waals surface area contributed by atoms with Gasteiger partial charge in [0.05, 0.1) is 18.2 Å². The molecule has 0 aliphatic heterocycles. The van der Waals surface area contributed by atoms with Gasteiger partial charge in [0.15, 0.2) is 5.82 Å². The number of nitrogens with zero attached hydrogens (tertiary/aromatic N) is 4. The molecule has 5 nitrogen and oxygen atoms in total. The average molecular weight is 255 g/mol. The molecule has 0 radical (unpaired) electrons. The van der Waals surface area contributed by atoms with Crippen molar-refractivity contribution in [2.75, 3.05) is 0 Å². The van der Waals surface area contributed by atoms with Gasteiger partial charge in [-0.3, -0.25) is 0 Å². The van der Waals surface area contributed by atoms with E-state index in [-0.39, 0.29) is 0 Å². The van der Waals surface area contributed by atoms with Crippen LogP contribution in [0.4, 0.5) is 0 Å². The molecule has 19 heavy (non-hydrogen) atoms. The number of rotatable bonds is 4. The van der Waals surface area contributed by atoms with E-state index in [1.807, 2.05) is 16.7 Å². The number of nitrogens with two attached hydrogens (primary N) is 1. The molecule has 2 rings (SSSR count). The lowest BCUT2D eigenvalue weighted by molar-refractivity contribution is 0.510. The van der Waals surface area contributed by atoms with Crippen molar-refractivity contribution < 1.29 is 0 Å². The van der Waals surface area contributed by atoms with Crippen LogP contribution in [0.25, 0.3) is 11.4 Å². The zero-order valence-corrected chi connectivity index (χ0v) is 11.2. The lowest BCUT2D eigenvalue weighted by Gasteiger charge is -2.12. The fourth-order valence-electron chi connectivity index (χ4n) is 1.95. The highest BCUT2D eigenvalue weighted by atomic mass is 15.3. The molecule has 0 amide bonds. The molecule has 1 heterocycles. The third kappa shape index (κ3) is 2.80. The Balaban J connectivity index is 2.43. The van der Waals surface area contributed by atoms with Gasteiger partial charge in [-0.15, -0.1) is 10.2 Å². The topological polar surface area (TPSA) is 80.5 Å². The van der Waals surface area contributed by atoms with Crippen LogP contribution in [-0.4, -0.2) is 14.8 Å². The van der Waals surface area contributed by atoms with Crippen LogP contribution in [0, 0.1) is 17.2 Å². The summed E-state index contributed by atoms with van der Waals surface area (Å²) in [6, 6.07) is 9.45. The van der Waals surface area contributed by atoms with E-state index in [1.165, 1.54) is 0 Å². The summed E-state index contributed by atoms with van der Waals surface area (Å²) in [4.78, 5) is 0. The lowest BCUT2D eigenvalue weighted by atomic mass is 10.1. The minimum Gasteiger partial charge on any atom is -0.324 e. The maximum atomic E-state index is 8.82. The molecule has 0 fully saturated rings. The van der Waals surface area contributed by atoms with Gasteiger partial charge in [0.25, 0.3) is 0 Å². The fraction of sp³-hybridized carbons (Fsp3) is 0.357. The Morgan fingerprint density at radius 1 is 1.26 bits per heavy atom. The van der Waals surface area contributed by atoms with E-state index in [4.69, 9.17) is 11.0 Å². The Kier molecular flexibility index (Phi) is 3.93. The van der Waals surface area contributed by atoms with Crippen LogP contribution in [0.2, 0.25) is 0 Å². The van der Waals surface area contributed by atoms with Gasteiger partial charge < -0.3 is 10.3 Å². The van der Waals surface area contributed by atoms with Crippen molar-refractivity contribution in [2.45, 2.75) is 26.9 Å². The zero-order valence-electron chi connectivity index (χ0n) is 11.2. The van der Waals surface area contributed by atoms with Gasteiger partial charge in [0.1, 0.15) is 5.82 Å². The third-order valence-electron chi connectivity index (χ3n) is 2.83. The van der Waals surface area contributed by atoms with Gasteiger partial charge in [-0.05, 0) is 30.2 Å². The van der Waals surface area contributed by atoms with Crippen LogP contribution >= 0.6 is 0 Å². The molecule has 2 N–H and O–H groups in total. The molecule has 0 unspecified atom stereocenters. The summed E-state index contributed by atoms with van der Waals surface area (Å²) in [5, 5.41) is 17.2. The van der Waals surface area contributed by atoms with Gasteiger partial charge in [-0.1, -0.05) is 13.8 Å². The maximum absolute atomic E-state index is 8.82. The zero-order chi connectivity index (χ0) is 13.8. The van der Waals surface area contributed by atoms with Crippen molar-refractivity contribution in [1.29, 1.82) is 5.26 Å². The van der Waals surface area contributed by atoms with Crippen molar-refractivity contribution in [3.8, 4) is 17.5 Å². The second kappa shape index (κ2) is 5.63. The first-order valence-corrected chi connectivity index (χ1v) is 6.28. The van der Waals surface area contributed by atoms with Crippen LogP contribution in [0.3, 0.4) is 0 Å². The summed E-state index contributed by atoms with van der Waals surface area (Å²) in [6.45, 7) is 5.48. The van der Waals surface area contributed by atoms with Crippen molar-refractivity contribution in [2.24, 2.45) is 11.7 Å². The molecule has 0 spiro atoms. The molecular weight excluding hydrogens is 238 g/mol. The SMILES string of the molecule is CC(C)Cn1c(CN)nnc1-c1ccc(C#N)cc1. The van der Waals surface area contributed by atoms with Crippen LogP contribution < -0.4 is 5.73 Å². The minimum atomic E-state index is 0.371. The summed E-state index contributed by atoms with van der Waals surface area (Å²) < 4.78 is 2.05. The van der Waals surface area contributed by atoms with Gasteiger partial charge in [0, 0.05) is 12.1 Å². The summed E-state index contributed by atoms with van der Waals surface area (Å²) in [7, 11) is 0. The fourth-order valence-corrected chi connectivity index (χ4v) is 1.95. The van der Waals surface area contributed by atoms with Gasteiger partial charge in [0.2, 0.25) is 0 Å². The monoisotopic (exact) mass is 255 g/mol. The molecule has 5 heteroatoms. The molecule has 0 aliphatic carbocycles. The summed E-state index contributed by atoms with van der Waals surface area (Å²) in [5.41, 5.74) is 7.28. The van der Waals surface area contributed by atoms with Crippen molar-refractivity contribution >= 4 is 0 Å². The highest BCUT2D eigenvalue weighted by molar-refractivity contribution is 5.57. The molecular formula is C14H17N5. The first kappa shape index (κ1) is 13.2. The number of aromatic nitrogens is 3. The number of benzene rings is 1. The molecule has 1 aromatic heterocycles. The van der Waals surface area contributed by atoms with E-state index in [1.54, 1.807) is 12.1 Å². The molecule has 1 aromatic carbocycles. The van der Waals surface area contributed by atoms with E-state index in [9.17, 15) is 0 Å². The first-order chi connectivity index (χ1) is 9.15. The van der Waals surface area contributed by atoms with E-state index >= 15 is 0 Å². The van der Waals surface area contributed by atoms with E-state index in [2.05, 4.69) is 30.1 Å². The molecule has 0 atom stereocenters. The molecule has 0 saturated heterocycles. The molecule has 0 bridgehead atoms. The second-order valence-corrected chi connectivity index (χ2v) is 4.84. The Morgan fingerprint density at radius 3 is 2.47 bits per heavy atom. The summed E-state index contributed by atoms with van der Waals surface area (Å²) >= 11 is 0. The molecule has 2 aromatic rings. The van der Waals surface area contributed by atoms with Crippen molar-refractivity contribution in [3.05, 3.63) is 35.7 Å². The molecule has 0 aliphatic rings. The van der Waals surface area contributed by atoms with Crippen LogP contribution in [-0.2, 0) is 13.1 Å². The number of hydrogen-bond donors (Lipinski definition) is 1. The van der Waals surface area contributed by atoms with Gasteiger partial charge in [-0.25, -0.2) is 0 Å². The normalized spacial score (nSPS) is 10.7. The highest BCUT2D eigenvalue weighted by Gasteiger charge is 2.13. The average Bonchev–Trinajstić information content (AvgIpc) is 2.81. The highest BCUT2D eigenvalue weighted by Crippen LogP contribution is 2.20. The number of hydrogen-bond acceptors (Lipinski definition) is 4. The molecule has 0 saturated carbocycles. The molecule has 98 valence electrons. The maximum Gasteiger partial charge on any atom is 0.164 e. The van der Waals surface area contributed by atoms with E-state index < -0.39 is 0 Å². The van der Waals surface area contributed by atoms with Gasteiger partial charge in [-0.2, -0.15) is 5.26 Å². The predicted molar refractivity (Wildman–Crippen MR) is 72.9 cm³/mol.